The zero-order valence-electron chi connectivity index (χ0n) is 14.3. The lowest BCUT2D eigenvalue weighted by molar-refractivity contribution is 0.462. The second-order valence-electron chi connectivity index (χ2n) is 6.03. The van der Waals surface area contributed by atoms with Crippen molar-refractivity contribution in [2.45, 2.75) is 26.8 Å². The summed E-state index contributed by atoms with van der Waals surface area (Å²) in [7, 11) is 0. The number of aryl methyl sites for hydroxylation is 2. The van der Waals surface area contributed by atoms with Crippen LogP contribution in [0.15, 0.2) is 33.5 Å². The van der Waals surface area contributed by atoms with E-state index < -0.39 is 0 Å². The zero-order chi connectivity index (χ0) is 18.4. The Bertz CT molecular complexity index is 1160. The van der Waals surface area contributed by atoms with Gasteiger partial charge in [0.1, 0.15) is 16.7 Å². The van der Waals surface area contributed by atoms with Crippen molar-refractivity contribution in [3.63, 3.8) is 0 Å². The van der Waals surface area contributed by atoms with Gasteiger partial charge in [-0.1, -0.05) is 15.9 Å². The lowest BCUT2D eigenvalue weighted by atomic mass is 10.2. The maximum atomic E-state index is 12.5. The number of thiophene rings is 1. The number of fused-ring (bicyclic) bond motifs is 1. The second-order valence-corrected chi connectivity index (χ2v) is 8.15. The van der Waals surface area contributed by atoms with Gasteiger partial charge in [0.05, 0.1) is 5.39 Å². The van der Waals surface area contributed by atoms with E-state index in [2.05, 4.69) is 41.3 Å². The molecule has 4 rings (SSSR count). The molecule has 132 valence electrons. The van der Waals surface area contributed by atoms with Crippen LogP contribution in [0, 0.1) is 13.8 Å². The van der Waals surface area contributed by atoms with E-state index in [1.54, 1.807) is 0 Å². The summed E-state index contributed by atoms with van der Waals surface area (Å²) in [5.41, 5.74) is 1.72. The minimum atomic E-state index is -0.341. The first-order valence-electron chi connectivity index (χ1n) is 7.99. The van der Waals surface area contributed by atoms with Gasteiger partial charge in [-0.25, -0.2) is 4.98 Å². The fraction of sp³-hybridized carbons (Fsp3) is 0.235. The molecule has 0 aliphatic carbocycles. The number of nitrogens with one attached hydrogen (secondary N) is 1. The van der Waals surface area contributed by atoms with Crippen LogP contribution in [0.4, 0.5) is 0 Å². The summed E-state index contributed by atoms with van der Waals surface area (Å²) in [4.78, 5) is 23.2. The summed E-state index contributed by atoms with van der Waals surface area (Å²) >= 11 is 4.93. The van der Waals surface area contributed by atoms with Crippen molar-refractivity contribution in [3.8, 4) is 11.4 Å². The largest absolute Gasteiger partial charge is 0.308 e. The number of tetrazole rings is 1. The molecule has 26 heavy (non-hydrogen) atoms. The Morgan fingerprint density at radius 3 is 2.69 bits per heavy atom. The lowest BCUT2D eigenvalue weighted by Crippen LogP contribution is -2.19. The van der Waals surface area contributed by atoms with Crippen molar-refractivity contribution in [1.82, 2.24) is 30.2 Å². The third kappa shape index (κ3) is 2.86. The summed E-state index contributed by atoms with van der Waals surface area (Å²) in [5.74, 6) is 1.04. The second kappa shape index (κ2) is 6.40. The summed E-state index contributed by atoms with van der Waals surface area (Å²) in [6.07, 6.45) is 0. The Morgan fingerprint density at radius 1 is 1.23 bits per heavy atom. The number of benzene rings is 1. The van der Waals surface area contributed by atoms with E-state index in [1.165, 1.54) is 16.1 Å². The number of nitrogens with zero attached hydrogens (tertiary/aromatic N) is 5. The monoisotopic (exact) mass is 430 g/mol. The van der Waals surface area contributed by atoms with Crippen LogP contribution in [-0.2, 0) is 0 Å². The van der Waals surface area contributed by atoms with Gasteiger partial charge in [0.2, 0.25) is 5.82 Å². The summed E-state index contributed by atoms with van der Waals surface area (Å²) in [6, 6.07) is 7.34. The molecule has 0 amide bonds. The SMILES string of the molecule is Cc1sc2nc([C@H](C)n3nnc(-c4ccc(Br)cc4)n3)[nH]c(=O)c2c1C. The number of hydrogen-bond acceptors (Lipinski definition) is 6. The normalized spacial score (nSPS) is 12.6. The summed E-state index contributed by atoms with van der Waals surface area (Å²) < 4.78 is 0.985. The molecule has 0 fully saturated rings. The van der Waals surface area contributed by atoms with E-state index in [4.69, 9.17) is 0 Å². The highest BCUT2D eigenvalue weighted by atomic mass is 79.9. The lowest BCUT2D eigenvalue weighted by Gasteiger charge is -2.08. The average molecular weight is 431 g/mol. The molecule has 0 saturated carbocycles. The molecule has 7 nitrogen and oxygen atoms in total. The quantitative estimate of drug-likeness (QED) is 0.535. The fourth-order valence-electron chi connectivity index (χ4n) is 2.68. The molecule has 0 unspecified atom stereocenters. The Labute approximate surface area is 161 Å². The molecule has 3 heterocycles. The molecule has 1 atom stereocenters. The topological polar surface area (TPSA) is 89.3 Å². The Kier molecular flexibility index (Phi) is 4.20. The first-order valence-corrected chi connectivity index (χ1v) is 9.60. The van der Waals surface area contributed by atoms with E-state index in [9.17, 15) is 4.79 Å². The van der Waals surface area contributed by atoms with Crippen LogP contribution in [0.1, 0.15) is 29.2 Å². The van der Waals surface area contributed by atoms with Crippen LogP contribution in [0.5, 0.6) is 0 Å². The van der Waals surface area contributed by atoms with Gasteiger partial charge in [-0.3, -0.25) is 4.79 Å². The maximum Gasteiger partial charge on any atom is 0.259 e. The first-order chi connectivity index (χ1) is 12.4. The summed E-state index contributed by atoms with van der Waals surface area (Å²) in [6.45, 7) is 5.82. The molecule has 1 N–H and O–H groups in total. The molecule has 0 radical (unpaired) electrons. The number of aromatic nitrogens is 6. The van der Waals surface area contributed by atoms with Crippen LogP contribution in [0.25, 0.3) is 21.6 Å². The minimum absolute atomic E-state index is 0.132. The maximum absolute atomic E-state index is 12.5. The van der Waals surface area contributed by atoms with Gasteiger partial charge in [0, 0.05) is 14.9 Å². The van der Waals surface area contributed by atoms with Gasteiger partial charge in [-0.05, 0) is 55.8 Å². The van der Waals surface area contributed by atoms with Crippen LogP contribution >= 0.6 is 27.3 Å². The highest BCUT2D eigenvalue weighted by Gasteiger charge is 2.19. The van der Waals surface area contributed by atoms with Gasteiger partial charge < -0.3 is 4.98 Å². The molecule has 0 bridgehead atoms. The van der Waals surface area contributed by atoms with Crippen molar-refractivity contribution in [3.05, 3.63) is 55.4 Å². The molecule has 0 aliphatic heterocycles. The zero-order valence-corrected chi connectivity index (χ0v) is 16.7. The highest BCUT2D eigenvalue weighted by molar-refractivity contribution is 9.10. The molecular formula is C17H15BrN6OS. The summed E-state index contributed by atoms with van der Waals surface area (Å²) in [5, 5.41) is 13.3. The first kappa shape index (κ1) is 17.0. The van der Waals surface area contributed by atoms with Crippen LogP contribution in [0.3, 0.4) is 0 Å². The number of hydrogen-bond donors (Lipinski definition) is 1. The van der Waals surface area contributed by atoms with Crippen molar-refractivity contribution in [2.24, 2.45) is 0 Å². The Hall–Kier alpha value is -2.39. The van der Waals surface area contributed by atoms with E-state index in [-0.39, 0.29) is 11.6 Å². The molecule has 0 spiro atoms. The van der Waals surface area contributed by atoms with Gasteiger partial charge in [0.25, 0.3) is 5.56 Å². The fourth-order valence-corrected chi connectivity index (χ4v) is 3.98. The molecule has 4 aromatic rings. The minimum Gasteiger partial charge on any atom is -0.308 e. The highest BCUT2D eigenvalue weighted by Crippen LogP contribution is 2.27. The van der Waals surface area contributed by atoms with Crippen molar-refractivity contribution in [1.29, 1.82) is 0 Å². The molecule has 0 saturated heterocycles. The van der Waals surface area contributed by atoms with Gasteiger partial charge in [-0.15, -0.1) is 21.5 Å². The standard InChI is InChI=1S/C17H15BrN6OS/c1-8-10(3)26-17-13(8)16(25)19-14(20-17)9(2)24-22-15(21-23-24)11-4-6-12(18)7-5-11/h4-7,9H,1-3H3,(H,19,20,25)/t9-/m0/s1. The molecular weight excluding hydrogens is 416 g/mol. The van der Waals surface area contributed by atoms with E-state index in [0.717, 1.165) is 25.3 Å². The predicted octanol–water partition coefficient (Wildman–Crippen LogP) is 3.63. The van der Waals surface area contributed by atoms with E-state index in [1.807, 2.05) is 45.0 Å². The number of rotatable bonds is 3. The van der Waals surface area contributed by atoms with Crippen LogP contribution < -0.4 is 5.56 Å². The van der Waals surface area contributed by atoms with Gasteiger partial charge >= 0.3 is 0 Å². The van der Waals surface area contributed by atoms with E-state index in [0.29, 0.717) is 17.0 Å². The Morgan fingerprint density at radius 2 is 1.96 bits per heavy atom. The number of H-pyrrole nitrogens is 1. The number of aromatic amines is 1. The molecule has 9 heteroatoms. The smallest absolute Gasteiger partial charge is 0.259 e. The molecule has 0 aliphatic rings. The Balaban J connectivity index is 1.72. The average Bonchev–Trinajstić information content (AvgIpc) is 3.21. The van der Waals surface area contributed by atoms with E-state index >= 15 is 0 Å². The van der Waals surface area contributed by atoms with Crippen molar-refractivity contribution >= 4 is 37.5 Å². The molecule has 3 aromatic heterocycles. The third-order valence-electron chi connectivity index (χ3n) is 4.33. The van der Waals surface area contributed by atoms with Crippen molar-refractivity contribution in [2.75, 3.05) is 0 Å². The molecule has 1 aromatic carbocycles. The van der Waals surface area contributed by atoms with Crippen LogP contribution in [-0.4, -0.2) is 30.2 Å². The van der Waals surface area contributed by atoms with Crippen LogP contribution in [0.2, 0.25) is 0 Å². The predicted molar refractivity (Wildman–Crippen MR) is 104 cm³/mol. The number of halogens is 1. The van der Waals surface area contributed by atoms with Crippen molar-refractivity contribution < 1.29 is 0 Å². The third-order valence-corrected chi connectivity index (χ3v) is 5.96. The van der Waals surface area contributed by atoms with Gasteiger partial charge in [0.15, 0.2) is 0 Å². The van der Waals surface area contributed by atoms with Gasteiger partial charge in [-0.2, -0.15) is 4.80 Å².